The fourth-order valence-electron chi connectivity index (χ4n) is 1.73. The predicted octanol–water partition coefficient (Wildman–Crippen LogP) is 1.60. The van der Waals surface area contributed by atoms with E-state index in [1.807, 2.05) is 0 Å². The van der Waals surface area contributed by atoms with Crippen LogP contribution < -0.4 is 5.43 Å². The normalized spacial score (nSPS) is 13.9. The van der Waals surface area contributed by atoms with Crippen LogP contribution in [-0.2, 0) is 11.3 Å². The minimum absolute atomic E-state index is 0.0580. The Labute approximate surface area is 88.2 Å². The maximum atomic E-state index is 13.4. The third kappa shape index (κ3) is 1.02. The highest BCUT2D eigenvalue weighted by Gasteiger charge is 2.29. The van der Waals surface area contributed by atoms with Crippen LogP contribution in [-0.4, -0.2) is 5.97 Å². The van der Waals surface area contributed by atoms with E-state index in [2.05, 4.69) is 4.74 Å². The van der Waals surface area contributed by atoms with Gasteiger partial charge >= 0.3 is 5.97 Å². The van der Waals surface area contributed by atoms with Crippen LogP contribution in [0.5, 0.6) is 0 Å². The van der Waals surface area contributed by atoms with E-state index in [0.717, 1.165) is 0 Å². The second-order valence-electron chi connectivity index (χ2n) is 3.43. The molecule has 16 heavy (non-hydrogen) atoms. The summed E-state index contributed by atoms with van der Waals surface area (Å²) in [6.07, 6.45) is 0. The van der Waals surface area contributed by atoms with Gasteiger partial charge < -0.3 is 9.15 Å². The molecule has 0 radical (unpaired) electrons. The van der Waals surface area contributed by atoms with Crippen molar-refractivity contribution in [3.05, 3.63) is 45.6 Å². The molecule has 0 amide bonds. The highest BCUT2D eigenvalue weighted by Crippen LogP contribution is 2.23. The molecule has 0 aliphatic carbocycles. The minimum atomic E-state index is -0.682. The number of esters is 1. The van der Waals surface area contributed by atoms with Gasteiger partial charge in [-0.3, -0.25) is 4.79 Å². The van der Waals surface area contributed by atoms with E-state index < -0.39 is 17.2 Å². The highest BCUT2D eigenvalue weighted by atomic mass is 19.1. The van der Waals surface area contributed by atoms with Gasteiger partial charge in [0.1, 0.15) is 23.4 Å². The number of hydrogen-bond acceptors (Lipinski definition) is 4. The topological polar surface area (TPSA) is 56.5 Å². The number of carbonyl (C=O) groups is 1. The lowest BCUT2D eigenvalue weighted by Gasteiger charge is -1.99. The van der Waals surface area contributed by atoms with Crippen LogP contribution >= 0.6 is 0 Å². The van der Waals surface area contributed by atoms with Crippen LogP contribution in [0, 0.1) is 5.82 Å². The zero-order valence-corrected chi connectivity index (χ0v) is 7.95. The van der Waals surface area contributed by atoms with Crippen molar-refractivity contribution in [2.24, 2.45) is 0 Å². The molecule has 1 aliphatic heterocycles. The molecule has 0 saturated heterocycles. The maximum Gasteiger partial charge on any atom is 0.375 e. The van der Waals surface area contributed by atoms with Crippen molar-refractivity contribution >= 4 is 16.9 Å². The Morgan fingerprint density at radius 3 is 2.88 bits per heavy atom. The minimum Gasteiger partial charge on any atom is -0.455 e. The van der Waals surface area contributed by atoms with Gasteiger partial charge in [-0.15, -0.1) is 0 Å². The first-order valence-electron chi connectivity index (χ1n) is 4.60. The van der Waals surface area contributed by atoms with Gasteiger partial charge in [-0.05, 0) is 12.1 Å². The second-order valence-corrected chi connectivity index (χ2v) is 3.43. The fourth-order valence-corrected chi connectivity index (χ4v) is 1.73. The largest absolute Gasteiger partial charge is 0.455 e. The summed E-state index contributed by atoms with van der Waals surface area (Å²) in [5, 5.41) is -0.139. The monoisotopic (exact) mass is 220 g/mol. The van der Waals surface area contributed by atoms with E-state index in [4.69, 9.17) is 4.42 Å². The average Bonchev–Trinajstić information content (AvgIpc) is 2.61. The zero-order chi connectivity index (χ0) is 11.3. The first-order valence-corrected chi connectivity index (χ1v) is 4.60. The number of halogens is 1. The van der Waals surface area contributed by atoms with Crippen molar-refractivity contribution < 1.29 is 18.3 Å². The van der Waals surface area contributed by atoms with Gasteiger partial charge in [-0.25, -0.2) is 9.18 Å². The van der Waals surface area contributed by atoms with E-state index in [1.54, 1.807) is 0 Å². The number of fused-ring (bicyclic) bond motifs is 2. The lowest BCUT2D eigenvalue weighted by molar-refractivity contribution is 0.0512. The summed E-state index contributed by atoms with van der Waals surface area (Å²) in [5.41, 5.74) is -0.398. The molecule has 5 heteroatoms. The van der Waals surface area contributed by atoms with Gasteiger partial charge in [0.25, 0.3) is 0 Å². The Hall–Kier alpha value is -2.17. The Kier molecular flexibility index (Phi) is 1.65. The van der Waals surface area contributed by atoms with Gasteiger partial charge in [-0.2, -0.15) is 0 Å². The van der Waals surface area contributed by atoms with E-state index >= 15 is 0 Å². The molecular formula is C11H5FO4. The van der Waals surface area contributed by atoms with Crippen molar-refractivity contribution in [2.45, 2.75) is 6.61 Å². The molecule has 2 heterocycles. The molecule has 1 aromatic carbocycles. The number of rotatable bonds is 0. The molecule has 1 aliphatic rings. The summed E-state index contributed by atoms with van der Waals surface area (Å²) in [5.74, 6) is -1.46. The summed E-state index contributed by atoms with van der Waals surface area (Å²) >= 11 is 0. The van der Waals surface area contributed by atoms with Crippen LogP contribution in [0.1, 0.15) is 16.1 Å². The summed E-state index contributed by atoms with van der Waals surface area (Å²) in [6, 6.07) is 4.02. The third-order valence-electron chi connectivity index (χ3n) is 2.50. The first kappa shape index (κ1) is 9.08. The smallest absolute Gasteiger partial charge is 0.375 e. The Morgan fingerprint density at radius 1 is 1.25 bits per heavy atom. The van der Waals surface area contributed by atoms with E-state index in [0.29, 0.717) is 0 Å². The van der Waals surface area contributed by atoms with Crippen molar-refractivity contribution in [1.29, 1.82) is 0 Å². The Bertz CT molecular complexity index is 671. The van der Waals surface area contributed by atoms with Gasteiger partial charge in [0.05, 0.1) is 5.56 Å². The molecule has 3 rings (SSSR count). The van der Waals surface area contributed by atoms with Crippen LogP contribution in [0.25, 0.3) is 11.0 Å². The van der Waals surface area contributed by atoms with Gasteiger partial charge in [0.15, 0.2) is 0 Å². The van der Waals surface area contributed by atoms with Crippen molar-refractivity contribution in [3.63, 3.8) is 0 Å². The maximum absolute atomic E-state index is 13.4. The van der Waals surface area contributed by atoms with Crippen molar-refractivity contribution in [1.82, 2.24) is 0 Å². The van der Waals surface area contributed by atoms with Crippen molar-refractivity contribution in [3.8, 4) is 0 Å². The number of ether oxygens (including phenoxy) is 1. The summed E-state index contributed by atoms with van der Waals surface area (Å²) in [6.45, 7) is -0.152. The van der Waals surface area contributed by atoms with E-state index in [-0.39, 0.29) is 28.9 Å². The quantitative estimate of drug-likeness (QED) is 0.633. The number of benzene rings is 1. The molecule has 1 aromatic heterocycles. The number of hydrogen-bond donors (Lipinski definition) is 0. The fraction of sp³-hybridized carbons (Fsp3) is 0.0909. The van der Waals surface area contributed by atoms with Crippen LogP contribution in [0.15, 0.2) is 27.4 Å². The van der Waals surface area contributed by atoms with Crippen LogP contribution in [0.3, 0.4) is 0 Å². The average molecular weight is 220 g/mol. The molecule has 0 atom stereocenters. The molecule has 4 nitrogen and oxygen atoms in total. The highest BCUT2D eigenvalue weighted by molar-refractivity contribution is 5.93. The molecule has 80 valence electrons. The van der Waals surface area contributed by atoms with Gasteiger partial charge in [-0.1, -0.05) is 6.07 Å². The summed E-state index contributed by atoms with van der Waals surface area (Å²) < 4.78 is 23.3. The van der Waals surface area contributed by atoms with E-state index in [9.17, 15) is 14.0 Å². The molecule has 0 bridgehead atoms. The molecule has 0 N–H and O–H groups in total. The van der Waals surface area contributed by atoms with Gasteiger partial charge in [0, 0.05) is 0 Å². The Morgan fingerprint density at radius 2 is 2.06 bits per heavy atom. The number of cyclic esters (lactones) is 1. The van der Waals surface area contributed by atoms with Crippen LogP contribution in [0.4, 0.5) is 4.39 Å². The zero-order valence-electron chi connectivity index (χ0n) is 7.95. The van der Waals surface area contributed by atoms with E-state index in [1.165, 1.54) is 18.2 Å². The molecule has 0 saturated carbocycles. The molecule has 0 fully saturated rings. The standard InChI is InChI=1S/C11H5FO4/c12-6-2-1-3-7-8(6)9(13)5-4-15-11(14)10(5)16-7/h1-3H,4H2. The molecular weight excluding hydrogens is 215 g/mol. The molecule has 0 spiro atoms. The molecule has 2 aromatic rings. The SMILES string of the molecule is O=C1OCc2c1oc1cccc(F)c1c2=O. The lowest BCUT2D eigenvalue weighted by atomic mass is 10.1. The lowest BCUT2D eigenvalue weighted by Crippen LogP contribution is -2.10. The molecule has 0 unspecified atom stereocenters. The predicted molar refractivity (Wildman–Crippen MR) is 51.6 cm³/mol. The van der Waals surface area contributed by atoms with Crippen LogP contribution in [0.2, 0.25) is 0 Å². The number of carbonyl (C=O) groups excluding carboxylic acids is 1. The first-order chi connectivity index (χ1) is 7.68. The summed E-state index contributed by atoms with van der Waals surface area (Å²) in [7, 11) is 0. The van der Waals surface area contributed by atoms with Gasteiger partial charge in [0.2, 0.25) is 11.2 Å². The van der Waals surface area contributed by atoms with Crippen molar-refractivity contribution in [2.75, 3.05) is 0 Å². The third-order valence-corrected chi connectivity index (χ3v) is 2.50. The second kappa shape index (κ2) is 2.91. The summed E-state index contributed by atoms with van der Waals surface area (Å²) in [4.78, 5) is 23.1. The Balaban J connectivity index is 2.54.